The molecular formula is C14H14F3N3O3. The number of primary amides is 1. The number of hydrogen-bond donors (Lipinski definition) is 1. The van der Waals surface area contributed by atoms with Crippen LogP contribution in [0.15, 0.2) is 12.1 Å². The van der Waals surface area contributed by atoms with Crippen LogP contribution in [-0.4, -0.2) is 53.7 Å². The van der Waals surface area contributed by atoms with Crippen molar-refractivity contribution in [3.05, 3.63) is 35.1 Å². The van der Waals surface area contributed by atoms with Gasteiger partial charge in [-0.1, -0.05) is 0 Å². The van der Waals surface area contributed by atoms with E-state index in [0.29, 0.717) is 12.1 Å². The van der Waals surface area contributed by atoms with Crippen molar-refractivity contribution in [3.8, 4) is 0 Å². The first-order chi connectivity index (χ1) is 10.8. The minimum absolute atomic E-state index is 0.129. The number of amides is 3. The Kier molecular flexibility index (Phi) is 4.87. The molecule has 1 saturated heterocycles. The fourth-order valence-corrected chi connectivity index (χ4v) is 2.28. The van der Waals surface area contributed by atoms with Crippen LogP contribution in [0.25, 0.3) is 0 Å². The second kappa shape index (κ2) is 6.67. The summed E-state index contributed by atoms with van der Waals surface area (Å²) in [7, 11) is 0. The van der Waals surface area contributed by atoms with Crippen molar-refractivity contribution in [2.75, 3.05) is 26.2 Å². The average Bonchev–Trinajstić information content (AvgIpc) is 2.51. The van der Waals surface area contributed by atoms with Crippen LogP contribution < -0.4 is 5.73 Å². The highest BCUT2D eigenvalue weighted by Crippen LogP contribution is 2.16. The monoisotopic (exact) mass is 329 g/mol. The predicted molar refractivity (Wildman–Crippen MR) is 72.6 cm³/mol. The van der Waals surface area contributed by atoms with Crippen LogP contribution in [0.5, 0.6) is 0 Å². The molecule has 1 aliphatic rings. The molecule has 1 aliphatic heterocycles. The van der Waals surface area contributed by atoms with Gasteiger partial charge in [-0.3, -0.25) is 14.4 Å². The Morgan fingerprint density at radius 1 is 0.957 bits per heavy atom. The standard InChI is InChI=1S/C14H14F3N3O3/c15-9-5-8(6-10(16)13(9)17)14(23)20-3-1-19(2-4-20)12(22)7-11(18)21/h5-6H,1-4,7H2,(H2,18,21). The number of benzene rings is 1. The van der Waals surface area contributed by atoms with Crippen molar-refractivity contribution in [2.24, 2.45) is 5.73 Å². The van der Waals surface area contributed by atoms with E-state index in [0.717, 1.165) is 0 Å². The molecule has 1 heterocycles. The SMILES string of the molecule is NC(=O)CC(=O)N1CCN(C(=O)c2cc(F)c(F)c(F)c2)CC1. The lowest BCUT2D eigenvalue weighted by Gasteiger charge is -2.34. The number of carbonyl (C=O) groups excluding carboxylic acids is 3. The molecule has 6 nitrogen and oxygen atoms in total. The molecule has 23 heavy (non-hydrogen) atoms. The zero-order valence-corrected chi connectivity index (χ0v) is 12.0. The Balaban J connectivity index is 2.01. The van der Waals surface area contributed by atoms with Crippen molar-refractivity contribution >= 4 is 17.7 Å². The Morgan fingerprint density at radius 3 is 1.91 bits per heavy atom. The fraction of sp³-hybridized carbons (Fsp3) is 0.357. The molecule has 0 atom stereocenters. The first kappa shape index (κ1) is 16.8. The molecule has 0 aromatic heterocycles. The van der Waals surface area contributed by atoms with Gasteiger partial charge in [0.25, 0.3) is 5.91 Å². The van der Waals surface area contributed by atoms with E-state index in [1.165, 1.54) is 9.80 Å². The summed E-state index contributed by atoms with van der Waals surface area (Å²) in [4.78, 5) is 37.2. The number of rotatable bonds is 3. The molecule has 0 unspecified atom stereocenters. The van der Waals surface area contributed by atoms with Crippen molar-refractivity contribution in [1.82, 2.24) is 9.80 Å². The molecule has 3 amide bonds. The van der Waals surface area contributed by atoms with Crippen molar-refractivity contribution in [1.29, 1.82) is 0 Å². The Bertz CT molecular complexity index is 635. The van der Waals surface area contributed by atoms with Crippen LogP contribution in [0.1, 0.15) is 16.8 Å². The molecule has 9 heteroatoms. The lowest BCUT2D eigenvalue weighted by Crippen LogP contribution is -2.51. The predicted octanol–water partition coefficient (Wildman–Crippen LogP) is 0.264. The summed E-state index contributed by atoms with van der Waals surface area (Å²) in [5, 5.41) is 0. The average molecular weight is 329 g/mol. The molecule has 0 aliphatic carbocycles. The van der Waals surface area contributed by atoms with E-state index >= 15 is 0 Å². The molecule has 1 aromatic carbocycles. The summed E-state index contributed by atoms with van der Waals surface area (Å²) in [6.45, 7) is 0.599. The number of nitrogens with two attached hydrogens (primary N) is 1. The zero-order chi connectivity index (χ0) is 17.1. The Hall–Kier alpha value is -2.58. The summed E-state index contributed by atoms with van der Waals surface area (Å²) in [5.74, 6) is -6.37. The molecule has 2 N–H and O–H groups in total. The number of halogens is 3. The van der Waals surface area contributed by atoms with Gasteiger partial charge in [-0.2, -0.15) is 0 Å². The van der Waals surface area contributed by atoms with Gasteiger partial charge in [-0.15, -0.1) is 0 Å². The number of piperazine rings is 1. The lowest BCUT2D eigenvalue weighted by molar-refractivity contribution is -0.136. The fourth-order valence-electron chi connectivity index (χ4n) is 2.28. The number of carbonyl (C=O) groups is 3. The maximum Gasteiger partial charge on any atom is 0.254 e. The smallest absolute Gasteiger partial charge is 0.254 e. The summed E-state index contributed by atoms with van der Waals surface area (Å²) >= 11 is 0. The van der Waals surface area contributed by atoms with Gasteiger partial charge in [-0.05, 0) is 12.1 Å². The number of nitrogens with zero attached hydrogens (tertiary/aromatic N) is 2. The van der Waals surface area contributed by atoms with Crippen molar-refractivity contribution < 1.29 is 27.6 Å². The lowest BCUT2D eigenvalue weighted by atomic mass is 10.1. The van der Waals surface area contributed by atoms with Crippen LogP contribution in [0.4, 0.5) is 13.2 Å². The Labute approximate surface area is 129 Å². The van der Waals surface area contributed by atoms with Crippen LogP contribution in [0.2, 0.25) is 0 Å². The Morgan fingerprint density at radius 2 is 1.43 bits per heavy atom. The molecule has 0 saturated carbocycles. The van der Waals surface area contributed by atoms with Gasteiger partial charge in [0.05, 0.1) is 0 Å². The van der Waals surface area contributed by atoms with Gasteiger partial charge in [0.15, 0.2) is 17.5 Å². The van der Waals surface area contributed by atoms with Crippen LogP contribution in [0.3, 0.4) is 0 Å². The highest BCUT2D eigenvalue weighted by atomic mass is 19.2. The molecule has 124 valence electrons. The van der Waals surface area contributed by atoms with Gasteiger partial charge in [0.1, 0.15) is 6.42 Å². The summed E-state index contributed by atoms with van der Waals surface area (Å²) in [5.41, 5.74) is 4.63. The highest BCUT2D eigenvalue weighted by molar-refractivity contribution is 5.96. The van der Waals surface area contributed by atoms with E-state index in [1.54, 1.807) is 0 Å². The quantitative estimate of drug-likeness (QED) is 0.638. The maximum atomic E-state index is 13.2. The third kappa shape index (κ3) is 3.79. The van der Waals surface area contributed by atoms with E-state index in [1.807, 2.05) is 0 Å². The first-order valence-corrected chi connectivity index (χ1v) is 6.79. The summed E-state index contributed by atoms with van der Waals surface area (Å²) in [6.07, 6.45) is -0.414. The third-order valence-corrected chi connectivity index (χ3v) is 3.48. The van der Waals surface area contributed by atoms with Crippen LogP contribution >= 0.6 is 0 Å². The largest absolute Gasteiger partial charge is 0.369 e. The highest BCUT2D eigenvalue weighted by Gasteiger charge is 2.26. The van der Waals surface area contributed by atoms with Gasteiger partial charge in [0.2, 0.25) is 11.8 Å². The topological polar surface area (TPSA) is 83.7 Å². The second-order valence-electron chi connectivity index (χ2n) is 5.07. The molecule has 0 bridgehead atoms. The third-order valence-electron chi connectivity index (χ3n) is 3.48. The van der Waals surface area contributed by atoms with E-state index < -0.39 is 41.6 Å². The minimum Gasteiger partial charge on any atom is -0.369 e. The molecule has 1 aromatic rings. The minimum atomic E-state index is -1.64. The summed E-state index contributed by atoms with van der Waals surface area (Å²) < 4.78 is 39.3. The van der Waals surface area contributed by atoms with Gasteiger partial charge < -0.3 is 15.5 Å². The van der Waals surface area contributed by atoms with Gasteiger partial charge in [0, 0.05) is 31.7 Å². The van der Waals surface area contributed by atoms with Crippen LogP contribution in [-0.2, 0) is 9.59 Å². The molecule has 2 rings (SSSR count). The second-order valence-corrected chi connectivity index (χ2v) is 5.07. The van der Waals surface area contributed by atoms with E-state index in [-0.39, 0.29) is 31.7 Å². The molecule has 1 fully saturated rings. The summed E-state index contributed by atoms with van der Waals surface area (Å²) in [6, 6.07) is 1.26. The zero-order valence-electron chi connectivity index (χ0n) is 12.0. The molecule has 0 spiro atoms. The number of hydrogen-bond acceptors (Lipinski definition) is 3. The first-order valence-electron chi connectivity index (χ1n) is 6.79. The van der Waals surface area contributed by atoms with Gasteiger partial charge in [-0.25, -0.2) is 13.2 Å². The van der Waals surface area contributed by atoms with Crippen LogP contribution in [0, 0.1) is 17.5 Å². The van der Waals surface area contributed by atoms with Crippen molar-refractivity contribution in [2.45, 2.75) is 6.42 Å². The van der Waals surface area contributed by atoms with E-state index in [2.05, 4.69) is 0 Å². The maximum absolute atomic E-state index is 13.2. The van der Waals surface area contributed by atoms with E-state index in [9.17, 15) is 27.6 Å². The van der Waals surface area contributed by atoms with Crippen molar-refractivity contribution in [3.63, 3.8) is 0 Å². The van der Waals surface area contributed by atoms with E-state index in [4.69, 9.17) is 5.73 Å². The molecule has 0 radical (unpaired) electrons. The van der Waals surface area contributed by atoms with Gasteiger partial charge >= 0.3 is 0 Å². The molecular weight excluding hydrogens is 315 g/mol. The normalized spacial score (nSPS) is 14.7.